The topological polar surface area (TPSA) is 74.7 Å². The smallest absolute Gasteiger partial charge is 0.244 e. The molecule has 1 fully saturated rings. The summed E-state index contributed by atoms with van der Waals surface area (Å²) >= 11 is 5.81. The van der Waals surface area contributed by atoms with E-state index >= 15 is 0 Å². The minimum atomic E-state index is -0.566. The third-order valence-corrected chi connectivity index (χ3v) is 5.82. The molecule has 2 amide bonds. The van der Waals surface area contributed by atoms with Crippen LogP contribution in [0.25, 0.3) is 0 Å². The van der Waals surface area contributed by atoms with Gasteiger partial charge in [-0.1, -0.05) is 43.0 Å². The summed E-state index contributed by atoms with van der Waals surface area (Å²) < 4.78 is 14.1. The van der Waals surface area contributed by atoms with E-state index in [1.54, 1.807) is 57.6 Å². The van der Waals surface area contributed by atoms with E-state index in [9.17, 15) is 14.0 Å². The zero-order valence-electron chi connectivity index (χ0n) is 21.3. The molecule has 1 aromatic carbocycles. The van der Waals surface area contributed by atoms with E-state index < -0.39 is 5.82 Å². The maximum atomic E-state index is 14.1. The number of hydrogen-bond acceptors (Lipinski definition) is 5. The van der Waals surface area contributed by atoms with Gasteiger partial charge in [-0.05, 0) is 25.0 Å². The van der Waals surface area contributed by atoms with Gasteiger partial charge in [0.15, 0.2) is 0 Å². The Morgan fingerprint density at radius 2 is 1.89 bits per heavy atom. The Kier molecular flexibility index (Phi) is 10.9. The Balaban J connectivity index is 2.10. The first-order valence-electron chi connectivity index (χ1n) is 11.5. The summed E-state index contributed by atoms with van der Waals surface area (Å²) in [5.41, 5.74) is 0.281. The van der Waals surface area contributed by atoms with Crippen LogP contribution in [0.5, 0.6) is 0 Å². The van der Waals surface area contributed by atoms with Gasteiger partial charge in [0.05, 0.1) is 11.6 Å². The predicted octanol–water partition coefficient (Wildman–Crippen LogP) is 2.84. The van der Waals surface area contributed by atoms with Gasteiger partial charge < -0.3 is 15.1 Å². The molecule has 0 unspecified atom stereocenters. The standard InChI is InChI=1S/C25H35ClFN7O2/c1-7-9-15-33(32(6)31(5)25(28-8-2)30(3)4)18-23(36)34(20-13-14-20)17-22(35)29-16-19-11-10-12-21(26)24(19)27/h7-12,15,20H,1-2,13-14,16-18H2,3-6H3,(H,29,35)/b15-9+,28-25-. The van der Waals surface area contributed by atoms with Crippen molar-refractivity contribution in [2.75, 3.05) is 41.3 Å². The Morgan fingerprint density at radius 1 is 1.19 bits per heavy atom. The van der Waals surface area contributed by atoms with Crippen LogP contribution in [-0.2, 0) is 16.1 Å². The molecule has 196 valence electrons. The van der Waals surface area contributed by atoms with Gasteiger partial charge in [-0.3, -0.25) is 19.6 Å². The maximum Gasteiger partial charge on any atom is 0.244 e. The molecule has 11 heteroatoms. The average Bonchev–Trinajstić information content (AvgIpc) is 3.68. The second kappa shape index (κ2) is 13.6. The van der Waals surface area contributed by atoms with Crippen LogP contribution in [-0.4, -0.2) is 90.0 Å². The maximum absolute atomic E-state index is 14.1. The molecule has 2 rings (SSSR count). The summed E-state index contributed by atoms with van der Waals surface area (Å²) in [7, 11) is 7.30. The van der Waals surface area contributed by atoms with Crippen molar-refractivity contribution in [1.29, 1.82) is 0 Å². The molecule has 1 saturated carbocycles. The Bertz CT molecular complexity index is 1010. The summed E-state index contributed by atoms with van der Waals surface area (Å²) in [6.07, 6.45) is 8.14. The highest BCUT2D eigenvalue weighted by atomic mass is 35.5. The highest BCUT2D eigenvalue weighted by Gasteiger charge is 2.35. The number of guanidine groups is 1. The number of carbonyl (C=O) groups excluding carboxylic acids is 2. The molecule has 0 aliphatic heterocycles. The van der Waals surface area contributed by atoms with Crippen molar-refractivity contribution in [3.05, 3.63) is 72.3 Å². The normalized spacial score (nSPS) is 13.5. The highest BCUT2D eigenvalue weighted by molar-refractivity contribution is 6.30. The van der Waals surface area contributed by atoms with Crippen molar-refractivity contribution in [1.82, 2.24) is 30.3 Å². The lowest BCUT2D eigenvalue weighted by atomic mass is 10.2. The van der Waals surface area contributed by atoms with Gasteiger partial charge in [0, 0.05) is 58.7 Å². The molecule has 1 N–H and O–H groups in total. The second-order valence-electron chi connectivity index (χ2n) is 8.44. The van der Waals surface area contributed by atoms with Crippen LogP contribution in [0.2, 0.25) is 5.02 Å². The molecule has 1 aliphatic carbocycles. The van der Waals surface area contributed by atoms with Crippen molar-refractivity contribution >= 4 is 29.4 Å². The first kappa shape index (κ1) is 28.9. The zero-order valence-corrected chi connectivity index (χ0v) is 22.1. The van der Waals surface area contributed by atoms with Gasteiger partial charge in [-0.25, -0.2) is 9.38 Å². The molecule has 1 aliphatic rings. The van der Waals surface area contributed by atoms with E-state index in [1.165, 1.54) is 12.3 Å². The quantitative estimate of drug-likeness (QED) is 0.198. The lowest BCUT2D eigenvalue weighted by molar-refractivity contribution is -0.146. The van der Waals surface area contributed by atoms with E-state index in [4.69, 9.17) is 11.6 Å². The van der Waals surface area contributed by atoms with Crippen LogP contribution in [0, 0.1) is 5.82 Å². The van der Waals surface area contributed by atoms with Crippen LogP contribution >= 0.6 is 11.6 Å². The fourth-order valence-electron chi connectivity index (χ4n) is 3.41. The number of nitrogens with zero attached hydrogens (tertiary/aromatic N) is 6. The highest BCUT2D eigenvalue weighted by Crippen LogP contribution is 2.27. The zero-order chi connectivity index (χ0) is 26.8. The number of carbonyl (C=O) groups is 2. The minimum Gasteiger partial charge on any atom is -0.350 e. The second-order valence-corrected chi connectivity index (χ2v) is 8.84. The molecule has 9 nitrogen and oxygen atoms in total. The molecule has 0 spiro atoms. The van der Waals surface area contributed by atoms with Crippen molar-refractivity contribution in [2.45, 2.75) is 25.4 Å². The minimum absolute atomic E-state index is 0.000843. The molecule has 36 heavy (non-hydrogen) atoms. The van der Waals surface area contributed by atoms with Crippen LogP contribution in [0.3, 0.4) is 0 Å². The summed E-state index contributed by atoms with van der Waals surface area (Å²) in [6.45, 7) is 7.21. The molecule has 1 aromatic rings. The lowest BCUT2D eigenvalue weighted by Crippen LogP contribution is -2.55. The van der Waals surface area contributed by atoms with Crippen LogP contribution in [0.1, 0.15) is 18.4 Å². The Hall–Kier alpha value is -3.37. The first-order valence-corrected chi connectivity index (χ1v) is 11.9. The Labute approximate surface area is 217 Å². The van der Waals surface area contributed by atoms with Crippen molar-refractivity contribution in [2.24, 2.45) is 4.99 Å². The number of aliphatic imine (C=N–C) groups is 1. The predicted molar refractivity (Wildman–Crippen MR) is 141 cm³/mol. The SMILES string of the molecule is C=C/C=C/N(CC(=O)N(CC(=O)NCc1cccc(Cl)c1F)C1CC1)N(C)N(C)/C(=N\C=C)N(C)C. The van der Waals surface area contributed by atoms with E-state index in [0.29, 0.717) is 5.96 Å². The number of halogens is 2. The number of hydrazine groups is 2. The van der Waals surface area contributed by atoms with Gasteiger partial charge in [-0.15, -0.1) is 5.12 Å². The number of nitrogens with one attached hydrogen (secondary N) is 1. The van der Waals surface area contributed by atoms with Gasteiger partial charge in [0.2, 0.25) is 17.8 Å². The van der Waals surface area contributed by atoms with Crippen molar-refractivity contribution < 1.29 is 14.0 Å². The van der Waals surface area contributed by atoms with Crippen molar-refractivity contribution in [3.63, 3.8) is 0 Å². The third-order valence-electron chi connectivity index (χ3n) is 5.52. The monoisotopic (exact) mass is 519 g/mol. The van der Waals surface area contributed by atoms with Gasteiger partial charge in [-0.2, -0.15) is 0 Å². The first-order chi connectivity index (χ1) is 17.1. The van der Waals surface area contributed by atoms with Crippen LogP contribution < -0.4 is 5.32 Å². The fraction of sp³-hybridized carbons (Fsp3) is 0.400. The number of amides is 2. The Morgan fingerprint density at radius 3 is 2.47 bits per heavy atom. The lowest BCUT2D eigenvalue weighted by Gasteiger charge is -2.40. The number of benzene rings is 1. The van der Waals surface area contributed by atoms with Crippen LogP contribution in [0.4, 0.5) is 4.39 Å². The number of hydrogen-bond donors (Lipinski definition) is 1. The third kappa shape index (κ3) is 8.10. The summed E-state index contributed by atoms with van der Waals surface area (Å²) in [5.74, 6) is -0.559. The largest absolute Gasteiger partial charge is 0.350 e. The number of rotatable bonds is 12. The van der Waals surface area contributed by atoms with E-state index in [1.807, 2.05) is 26.0 Å². The average molecular weight is 520 g/mol. The molecular formula is C25H35ClFN7O2. The summed E-state index contributed by atoms with van der Waals surface area (Å²) in [5, 5.41) is 7.86. The molecule has 0 saturated heterocycles. The molecule has 0 radical (unpaired) electrons. The van der Waals surface area contributed by atoms with Gasteiger partial charge in [0.1, 0.15) is 12.4 Å². The van der Waals surface area contributed by atoms with Gasteiger partial charge >= 0.3 is 0 Å². The van der Waals surface area contributed by atoms with E-state index in [-0.39, 0.29) is 48.1 Å². The molecule has 0 heterocycles. The van der Waals surface area contributed by atoms with Crippen LogP contribution in [0.15, 0.2) is 60.9 Å². The fourth-order valence-corrected chi connectivity index (χ4v) is 3.60. The molecule has 0 atom stereocenters. The summed E-state index contributed by atoms with van der Waals surface area (Å²) in [4.78, 5) is 33.7. The van der Waals surface area contributed by atoms with E-state index in [0.717, 1.165) is 12.8 Å². The van der Waals surface area contributed by atoms with Gasteiger partial charge in [0.25, 0.3) is 0 Å². The molecule has 0 bridgehead atoms. The molecule has 0 aromatic heterocycles. The van der Waals surface area contributed by atoms with Crippen molar-refractivity contribution in [3.8, 4) is 0 Å². The van der Waals surface area contributed by atoms with E-state index in [2.05, 4.69) is 23.5 Å². The number of allylic oxidation sites excluding steroid dienone is 2. The molecular weight excluding hydrogens is 485 g/mol. The summed E-state index contributed by atoms with van der Waals surface area (Å²) in [6, 6.07) is 4.62.